The summed E-state index contributed by atoms with van der Waals surface area (Å²) in [6, 6.07) is 3.25. The number of carbonyl (C=O) groups is 1. The topological polar surface area (TPSA) is 119 Å². The van der Waals surface area contributed by atoms with Crippen LogP contribution in [0.3, 0.4) is 0 Å². The molecule has 0 amide bonds. The maximum atomic E-state index is 12.7. The van der Waals surface area contributed by atoms with Crippen molar-refractivity contribution in [1.82, 2.24) is 19.7 Å². The normalized spacial score (nSPS) is 11.5. The van der Waals surface area contributed by atoms with Crippen molar-refractivity contribution < 1.29 is 23.5 Å². The second-order valence-electron chi connectivity index (χ2n) is 7.99. The number of hydrogen-bond donors (Lipinski definition) is 0. The van der Waals surface area contributed by atoms with Gasteiger partial charge in [0.15, 0.2) is 23.9 Å². The molecule has 0 N–H and O–H groups in total. The van der Waals surface area contributed by atoms with Crippen LogP contribution in [0.5, 0.6) is 11.5 Å². The first-order chi connectivity index (χ1) is 14.7. The van der Waals surface area contributed by atoms with E-state index in [-0.39, 0.29) is 29.9 Å². The fourth-order valence-corrected chi connectivity index (χ4v) is 2.87. The Morgan fingerprint density at radius 3 is 2.52 bits per heavy atom. The average molecular weight is 430 g/mol. The number of esters is 1. The lowest BCUT2D eigenvalue weighted by atomic mass is 9.96. The number of fused-ring (bicyclic) bond motifs is 1. The summed E-state index contributed by atoms with van der Waals surface area (Å²) in [7, 11) is 3.02. The summed E-state index contributed by atoms with van der Waals surface area (Å²) in [6.07, 6.45) is 2.00. The molecule has 0 fully saturated rings. The number of carbonyl (C=O) groups excluding carboxylic acids is 1. The first kappa shape index (κ1) is 22.3. The Balaban J connectivity index is 1.57. The Bertz CT molecular complexity index is 1130. The summed E-state index contributed by atoms with van der Waals surface area (Å²) in [5, 5.41) is 4.30. The molecule has 2 heterocycles. The van der Waals surface area contributed by atoms with Crippen LogP contribution in [-0.2, 0) is 28.1 Å². The highest BCUT2D eigenvalue weighted by atomic mass is 16.6. The van der Waals surface area contributed by atoms with E-state index in [0.29, 0.717) is 41.2 Å². The molecule has 10 nitrogen and oxygen atoms in total. The van der Waals surface area contributed by atoms with Gasteiger partial charge in [-0.3, -0.25) is 14.2 Å². The highest BCUT2D eigenvalue weighted by molar-refractivity contribution is 5.81. The maximum absolute atomic E-state index is 12.7. The average Bonchev–Trinajstić information content (AvgIpc) is 3.23. The van der Waals surface area contributed by atoms with E-state index in [1.807, 2.05) is 20.8 Å². The fourth-order valence-electron chi connectivity index (χ4n) is 2.87. The highest BCUT2D eigenvalue weighted by Crippen LogP contribution is 2.29. The first-order valence-electron chi connectivity index (χ1n) is 9.82. The molecule has 0 radical (unpaired) electrons. The van der Waals surface area contributed by atoms with E-state index in [2.05, 4.69) is 15.1 Å². The van der Waals surface area contributed by atoms with Gasteiger partial charge in [-0.25, -0.2) is 4.98 Å². The second kappa shape index (κ2) is 9.15. The van der Waals surface area contributed by atoms with Crippen molar-refractivity contribution in [1.29, 1.82) is 0 Å². The standard InChI is InChI=1S/C21H26N4O6/c1-21(2,3)20-23-17(31-24-20)11-30-18(26)7-6-8-25-12-22-14-10-16(29-5)15(28-4)9-13(14)19(25)27/h9-10,12H,6-8,11H2,1-5H3. The molecule has 0 bridgehead atoms. The van der Waals surface area contributed by atoms with Crippen molar-refractivity contribution in [3.8, 4) is 11.5 Å². The SMILES string of the molecule is COc1cc2ncn(CCCC(=O)OCc3nc(C(C)(C)C)no3)c(=O)c2cc1OC. The molecule has 0 saturated heterocycles. The molecule has 0 unspecified atom stereocenters. The Hall–Kier alpha value is -3.43. The molecule has 2 aromatic heterocycles. The monoisotopic (exact) mass is 430 g/mol. The van der Waals surface area contributed by atoms with E-state index in [1.54, 1.807) is 12.1 Å². The molecule has 0 spiro atoms. The third-order valence-electron chi connectivity index (χ3n) is 4.60. The zero-order chi connectivity index (χ0) is 22.6. The molecule has 3 rings (SSSR count). The smallest absolute Gasteiger partial charge is 0.306 e. The van der Waals surface area contributed by atoms with Gasteiger partial charge >= 0.3 is 5.97 Å². The van der Waals surface area contributed by atoms with E-state index in [1.165, 1.54) is 25.1 Å². The Kier molecular flexibility index (Phi) is 6.57. The molecule has 0 aliphatic rings. The summed E-state index contributed by atoms with van der Waals surface area (Å²) < 4.78 is 22.2. The maximum Gasteiger partial charge on any atom is 0.306 e. The molecule has 10 heteroatoms. The minimum atomic E-state index is -0.413. The summed E-state index contributed by atoms with van der Waals surface area (Å²) >= 11 is 0. The third-order valence-corrected chi connectivity index (χ3v) is 4.60. The highest BCUT2D eigenvalue weighted by Gasteiger charge is 2.21. The van der Waals surface area contributed by atoms with Crippen LogP contribution >= 0.6 is 0 Å². The van der Waals surface area contributed by atoms with E-state index in [0.717, 1.165) is 0 Å². The molecule has 1 aromatic carbocycles. The number of methoxy groups -OCH3 is 2. The minimum absolute atomic E-state index is 0.0823. The van der Waals surface area contributed by atoms with Crippen LogP contribution in [0.4, 0.5) is 0 Å². The molecule has 0 aliphatic carbocycles. The number of hydrogen-bond acceptors (Lipinski definition) is 9. The van der Waals surface area contributed by atoms with Crippen LogP contribution in [0.15, 0.2) is 27.8 Å². The first-order valence-corrected chi connectivity index (χ1v) is 9.82. The van der Waals surface area contributed by atoms with Gasteiger partial charge in [0.2, 0.25) is 0 Å². The summed E-state index contributed by atoms with van der Waals surface area (Å²) in [5.41, 5.74) is 0.0367. The third kappa shape index (κ3) is 5.19. The molecule has 3 aromatic rings. The van der Waals surface area contributed by atoms with Gasteiger partial charge in [-0.1, -0.05) is 25.9 Å². The van der Waals surface area contributed by atoms with Crippen LogP contribution in [0.2, 0.25) is 0 Å². The number of aromatic nitrogens is 4. The van der Waals surface area contributed by atoms with Crippen molar-refractivity contribution in [3.05, 3.63) is 40.5 Å². The van der Waals surface area contributed by atoms with Gasteiger partial charge in [-0.05, 0) is 12.5 Å². The molecule has 0 saturated carbocycles. The Labute approximate surface area is 179 Å². The van der Waals surface area contributed by atoms with Crippen molar-refractivity contribution in [3.63, 3.8) is 0 Å². The summed E-state index contributed by atoms with van der Waals surface area (Å²) in [5.74, 6) is 1.33. The molecular weight excluding hydrogens is 404 g/mol. The van der Waals surface area contributed by atoms with Gasteiger partial charge in [0, 0.05) is 24.4 Å². The van der Waals surface area contributed by atoms with Crippen molar-refractivity contribution in [2.45, 2.75) is 52.2 Å². The van der Waals surface area contributed by atoms with Gasteiger partial charge in [0.05, 0.1) is 31.4 Å². The van der Waals surface area contributed by atoms with E-state index in [9.17, 15) is 9.59 Å². The van der Waals surface area contributed by atoms with Crippen LogP contribution in [0, 0.1) is 0 Å². The number of benzene rings is 1. The van der Waals surface area contributed by atoms with Gasteiger partial charge in [0.1, 0.15) is 0 Å². The number of nitrogens with zero attached hydrogens (tertiary/aromatic N) is 4. The van der Waals surface area contributed by atoms with E-state index >= 15 is 0 Å². The molecule has 0 atom stereocenters. The zero-order valence-electron chi connectivity index (χ0n) is 18.3. The molecular formula is C21H26N4O6. The zero-order valence-corrected chi connectivity index (χ0v) is 18.3. The number of aryl methyl sites for hydroxylation is 1. The largest absolute Gasteiger partial charge is 0.493 e. The van der Waals surface area contributed by atoms with Gasteiger partial charge < -0.3 is 18.7 Å². The quantitative estimate of drug-likeness (QED) is 0.497. The van der Waals surface area contributed by atoms with Gasteiger partial charge in [-0.2, -0.15) is 4.98 Å². The molecule has 166 valence electrons. The van der Waals surface area contributed by atoms with Crippen molar-refractivity contribution in [2.75, 3.05) is 14.2 Å². The minimum Gasteiger partial charge on any atom is -0.493 e. The lowest BCUT2D eigenvalue weighted by Gasteiger charge is -2.11. The predicted octanol–water partition coefficient (Wildman–Crippen LogP) is 2.62. The van der Waals surface area contributed by atoms with Crippen molar-refractivity contribution >= 4 is 16.9 Å². The lowest BCUT2D eigenvalue weighted by Crippen LogP contribution is -2.21. The van der Waals surface area contributed by atoms with Gasteiger partial charge in [0.25, 0.3) is 11.4 Å². The molecule has 0 aliphatic heterocycles. The van der Waals surface area contributed by atoms with Crippen LogP contribution in [0.1, 0.15) is 45.3 Å². The molecule has 31 heavy (non-hydrogen) atoms. The van der Waals surface area contributed by atoms with Crippen LogP contribution in [-0.4, -0.2) is 39.9 Å². The lowest BCUT2D eigenvalue weighted by molar-refractivity contribution is -0.145. The Morgan fingerprint density at radius 1 is 1.16 bits per heavy atom. The summed E-state index contributed by atoms with van der Waals surface area (Å²) in [6.45, 7) is 6.12. The number of rotatable bonds is 8. The fraction of sp³-hybridized carbons (Fsp3) is 0.476. The van der Waals surface area contributed by atoms with E-state index < -0.39 is 5.97 Å². The number of ether oxygens (including phenoxy) is 3. The van der Waals surface area contributed by atoms with Crippen LogP contribution < -0.4 is 15.0 Å². The van der Waals surface area contributed by atoms with Crippen molar-refractivity contribution in [2.24, 2.45) is 0 Å². The predicted molar refractivity (Wildman–Crippen MR) is 111 cm³/mol. The van der Waals surface area contributed by atoms with Crippen LogP contribution in [0.25, 0.3) is 10.9 Å². The summed E-state index contributed by atoms with van der Waals surface area (Å²) in [4.78, 5) is 33.3. The Morgan fingerprint density at radius 2 is 1.87 bits per heavy atom. The second-order valence-corrected chi connectivity index (χ2v) is 7.99. The van der Waals surface area contributed by atoms with E-state index in [4.69, 9.17) is 18.7 Å². The van der Waals surface area contributed by atoms with Gasteiger partial charge in [-0.15, -0.1) is 0 Å².